The first-order valence-electron chi connectivity index (χ1n) is 6.07. The molecule has 0 spiro atoms. The third-order valence-electron chi connectivity index (χ3n) is 2.78. The minimum absolute atomic E-state index is 0.0505. The van der Waals surface area contributed by atoms with Crippen molar-refractivity contribution in [3.8, 4) is 11.6 Å². The first-order valence-corrected chi connectivity index (χ1v) is 6.86. The number of anilines is 1. The minimum atomic E-state index is -0.476. The van der Waals surface area contributed by atoms with Crippen LogP contribution in [0.25, 0.3) is 0 Å². The molecule has 0 unspecified atom stereocenters. The molecule has 0 saturated heterocycles. The van der Waals surface area contributed by atoms with Crippen LogP contribution in [0, 0.1) is 24.0 Å². The fourth-order valence-corrected chi connectivity index (χ4v) is 2.06. The van der Waals surface area contributed by atoms with E-state index in [1.165, 1.54) is 12.1 Å². The molecule has 1 aromatic carbocycles. The van der Waals surface area contributed by atoms with Crippen molar-refractivity contribution in [3.05, 3.63) is 44.2 Å². The van der Waals surface area contributed by atoms with Gasteiger partial charge in [-0.1, -0.05) is 0 Å². The molecule has 21 heavy (non-hydrogen) atoms. The summed E-state index contributed by atoms with van der Waals surface area (Å²) in [6.45, 7) is 3.56. The van der Waals surface area contributed by atoms with Crippen LogP contribution < -0.4 is 10.1 Å². The zero-order chi connectivity index (χ0) is 15.6. The van der Waals surface area contributed by atoms with Gasteiger partial charge < -0.3 is 10.1 Å². The molecule has 7 nitrogen and oxygen atoms in total. The van der Waals surface area contributed by atoms with Gasteiger partial charge in [-0.25, -0.2) is 4.98 Å². The number of benzene rings is 1. The monoisotopic (exact) mass is 352 g/mol. The highest BCUT2D eigenvalue weighted by atomic mass is 79.9. The van der Waals surface area contributed by atoms with Gasteiger partial charge in [0.1, 0.15) is 11.6 Å². The Morgan fingerprint density at radius 3 is 2.67 bits per heavy atom. The second-order valence-electron chi connectivity index (χ2n) is 4.27. The second-order valence-corrected chi connectivity index (χ2v) is 5.13. The summed E-state index contributed by atoms with van der Waals surface area (Å²) in [6, 6.07) is 4.31. The zero-order valence-electron chi connectivity index (χ0n) is 11.7. The van der Waals surface area contributed by atoms with E-state index in [9.17, 15) is 10.1 Å². The summed E-state index contributed by atoms with van der Waals surface area (Å²) in [5, 5.41) is 13.8. The summed E-state index contributed by atoms with van der Waals surface area (Å²) in [4.78, 5) is 18.8. The lowest BCUT2D eigenvalue weighted by Gasteiger charge is -2.12. The average Bonchev–Trinajstić information content (AvgIpc) is 2.44. The first-order chi connectivity index (χ1) is 9.92. The van der Waals surface area contributed by atoms with Crippen LogP contribution in [0.3, 0.4) is 0 Å². The zero-order valence-corrected chi connectivity index (χ0v) is 13.3. The lowest BCUT2D eigenvalue weighted by Crippen LogP contribution is -2.03. The van der Waals surface area contributed by atoms with Gasteiger partial charge in [-0.3, -0.25) is 10.1 Å². The van der Waals surface area contributed by atoms with Crippen LogP contribution in [0.4, 0.5) is 11.5 Å². The van der Waals surface area contributed by atoms with E-state index in [-0.39, 0.29) is 5.69 Å². The van der Waals surface area contributed by atoms with Crippen molar-refractivity contribution in [1.82, 2.24) is 9.97 Å². The summed E-state index contributed by atoms with van der Waals surface area (Å²) in [6.07, 6.45) is 0. The van der Waals surface area contributed by atoms with Crippen molar-refractivity contribution >= 4 is 27.4 Å². The van der Waals surface area contributed by atoms with E-state index in [1.807, 2.05) is 6.92 Å². The molecule has 0 aliphatic rings. The Morgan fingerprint density at radius 2 is 2.05 bits per heavy atom. The van der Waals surface area contributed by atoms with Crippen molar-refractivity contribution in [1.29, 1.82) is 0 Å². The lowest BCUT2D eigenvalue weighted by atomic mass is 10.3. The second kappa shape index (κ2) is 6.04. The number of aromatic nitrogens is 2. The third kappa shape index (κ3) is 3.27. The summed E-state index contributed by atoms with van der Waals surface area (Å²) >= 11 is 3.31. The number of nitro groups is 1. The van der Waals surface area contributed by atoms with Gasteiger partial charge in [0.15, 0.2) is 5.75 Å². The molecule has 1 heterocycles. The molecule has 0 aliphatic heterocycles. The van der Waals surface area contributed by atoms with E-state index in [0.717, 1.165) is 5.56 Å². The molecule has 2 rings (SSSR count). The van der Waals surface area contributed by atoms with E-state index in [0.29, 0.717) is 27.7 Å². The molecule has 0 amide bonds. The Hall–Kier alpha value is -2.22. The normalized spacial score (nSPS) is 10.3. The van der Waals surface area contributed by atoms with E-state index < -0.39 is 4.92 Å². The molecular weight excluding hydrogens is 340 g/mol. The Kier molecular flexibility index (Phi) is 4.37. The highest BCUT2D eigenvalue weighted by Crippen LogP contribution is 2.34. The van der Waals surface area contributed by atoms with Gasteiger partial charge in [0.2, 0.25) is 5.88 Å². The van der Waals surface area contributed by atoms with Crippen LogP contribution in [0.1, 0.15) is 11.4 Å². The summed E-state index contributed by atoms with van der Waals surface area (Å²) in [5.41, 5.74) is 0.673. The Bertz CT molecular complexity index is 706. The van der Waals surface area contributed by atoms with Gasteiger partial charge in [0, 0.05) is 13.1 Å². The summed E-state index contributed by atoms with van der Waals surface area (Å²) < 4.78 is 6.32. The molecule has 0 atom stereocenters. The Labute approximate surface area is 129 Å². The summed E-state index contributed by atoms with van der Waals surface area (Å²) in [7, 11) is 1.75. The Balaban J connectivity index is 2.45. The number of nitrogens with one attached hydrogen (secondary N) is 1. The van der Waals surface area contributed by atoms with E-state index in [4.69, 9.17) is 4.74 Å². The van der Waals surface area contributed by atoms with Crippen LogP contribution in [-0.2, 0) is 0 Å². The lowest BCUT2D eigenvalue weighted by molar-refractivity contribution is -0.384. The molecule has 110 valence electrons. The van der Waals surface area contributed by atoms with Crippen molar-refractivity contribution < 1.29 is 9.66 Å². The number of non-ortho nitro benzene ring substituents is 1. The fourth-order valence-electron chi connectivity index (χ4n) is 1.73. The topological polar surface area (TPSA) is 90.2 Å². The molecule has 0 radical (unpaired) electrons. The fraction of sp³-hybridized carbons (Fsp3) is 0.231. The van der Waals surface area contributed by atoms with Crippen LogP contribution in [0.5, 0.6) is 11.6 Å². The van der Waals surface area contributed by atoms with Gasteiger partial charge in [0.05, 0.1) is 21.0 Å². The molecule has 0 bridgehead atoms. The van der Waals surface area contributed by atoms with Crippen LogP contribution in [0.2, 0.25) is 0 Å². The molecule has 0 saturated carbocycles. The number of aryl methyl sites for hydroxylation is 1. The number of rotatable bonds is 4. The van der Waals surface area contributed by atoms with Crippen molar-refractivity contribution in [2.75, 3.05) is 12.4 Å². The van der Waals surface area contributed by atoms with Gasteiger partial charge in [-0.2, -0.15) is 4.98 Å². The molecule has 1 aromatic heterocycles. The van der Waals surface area contributed by atoms with Crippen LogP contribution in [0.15, 0.2) is 22.7 Å². The molecular formula is C13H13BrN4O3. The molecule has 1 N–H and O–H groups in total. The predicted octanol–water partition coefficient (Wildman–Crippen LogP) is 3.60. The van der Waals surface area contributed by atoms with Crippen molar-refractivity contribution in [3.63, 3.8) is 0 Å². The average molecular weight is 353 g/mol. The minimum Gasteiger partial charge on any atom is -0.437 e. The number of nitrogens with zero attached hydrogens (tertiary/aromatic N) is 3. The van der Waals surface area contributed by atoms with Crippen molar-refractivity contribution in [2.45, 2.75) is 13.8 Å². The molecule has 8 heteroatoms. The predicted molar refractivity (Wildman–Crippen MR) is 81.9 cm³/mol. The highest BCUT2D eigenvalue weighted by Gasteiger charge is 2.15. The van der Waals surface area contributed by atoms with E-state index in [1.54, 1.807) is 20.0 Å². The maximum absolute atomic E-state index is 10.8. The smallest absolute Gasteiger partial charge is 0.273 e. The number of hydrogen-bond acceptors (Lipinski definition) is 6. The van der Waals surface area contributed by atoms with E-state index in [2.05, 4.69) is 31.2 Å². The molecule has 2 aromatic rings. The maximum Gasteiger partial charge on any atom is 0.273 e. The van der Waals surface area contributed by atoms with E-state index >= 15 is 0 Å². The third-order valence-corrected chi connectivity index (χ3v) is 3.44. The van der Waals surface area contributed by atoms with Gasteiger partial charge in [-0.05, 0) is 35.8 Å². The molecule has 0 aliphatic carbocycles. The van der Waals surface area contributed by atoms with Gasteiger partial charge >= 0.3 is 0 Å². The van der Waals surface area contributed by atoms with Crippen LogP contribution in [-0.4, -0.2) is 21.9 Å². The highest BCUT2D eigenvalue weighted by molar-refractivity contribution is 9.10. The number of hydrogen-bond donors (Lipinski definition) is 1. The molecule has 0 fully saturated rings. The number of ether oxygens (including phenoxy) is 1. The van der Waals surface area contributed by atoms with Gasteiger partial charge in [-0.15, -0.1) is 0 Å². The maximum atomic E-state index is 10.8. The first kappa shape index (κ1) is 15.2. The standard InChI is InChI=1S/C13H13BrN4O3/c1-7-12(15-3)16-8(2)17-13(7)21-11-6-9(18(19)20)4-5-10(11)14/h4-6H,1-3H3,(H,15,16,17). The quantitative estimate of drug-likeness (QED) is 0.667. The number of nitro benzene ring substituents is 1. The number of halogens is 1. The SMILES string of the molecule is CNc1nc(C)nc(Oc2cc([N+](=O)[O-])ccc2Br)c1C. The van der Waals surface area contributed by atoms with Crippen molar-refractivity contribution in [2.24, 2.45) is 0 Å². The van der Waals surface area contributed by atoms with Crippen LogP contribution >= 0.6 is 15.9 Å². The largest absolute Gasteiger partial charge is 0.437 e. The Morgan fingerprint density at radius 1 is 1.33 bits per heavy atom. The summed E-state index contributed by atoms with van der Waals surface area (Å²) in [5.74, 6) is 1.88. The van der Waals surface area contributed by atoms with Gasteiger partial charge in [0.25, 0.3) is 5.69 Å².